The van der Waals surface area contributed by atoms with Crippen molar-refractivity contribution >= 4 is 41.2 Å². The number of hydrogen-bond donors (Lipinski definition) is 1. The molecule has 0 saturated heterocycles. The van der Waals surface area contributed by atoms with Crippen molar-refractivity contribution in [2.24, 2.45) is 0 Å². The summed E-state index contributed by atoms with van der Waals surface area (Å²) in [5.41, 5.74) is 1.43. The second-order valence-corrected chi connectivity index (χ2v) is 6.69. The topological polar surface area (TPSA) is 34.4 Å². The first-order valence-corrected chi connectivity index (χ1v) is 10.0. The first kappa shape index (κ1) is 16.5. The zero-order chi connectivity index (χ0) is 16.6. The smallest absolute Gasteiger partial charge is 0.169 e. The molecule has 0 aliphatic heterocycles. The minimum absolute atomic E-state index is 0.0396. The van der Waals surface area contributed by atoms with E-state index in [2.05, 4.69) is 21.2 Å². The third-order valence-corrected chi connectivity index (χ3v) is 5.29. The first-order valence-electron chi connectivity index (χ1n) is 6.71. The molecule has 0 radical (unpaired) electrons. The Morgan fingerprint density at radius 1 is 1.22 bits per heavy atom. The van der Waals surface area contributed by atoms with Crippen LogP contribution in [0.3, 0.4) is 0 Å². The molecule has 0 aliphatic rings. The van der Waals surface area contributed by atoms with Crippen molar-refractivity contribution in [1.29, 1.82) is 0 Å². The van der Waals surface area contributed by atoms with Crippen molar-refractivity contribution in [3.8, 4) is 11.5 Å². The van der Waals surface area contributed by atoms with E-state index in [1.54, 1.807) is 23.2 Å². The van der Waals surface area contributed by atoms with Crippen LogP contribution in [0.2, 0.25) is 0 Å². The Kier molecular flexibility index (Phi) is 4.79. The lowest BCUT2D eigenvalue weighted by molar-refractivity contribution is 0.276. The Morgan fingerprint density at radius 3 is 2.65 bits per heavy atom. The predicted molar refractivity (Wildman–Crippen MR) is 96.0 cm³/mol. The number of ether oxygens (including phenoxy) is 1. The van der Waals surface area contributed by atoms with Gasteiger partial charge in [0.05, 0.1) is 12.1 Å². The molecule has 1 aromatic heterocycles. The van der Waals surface area contributed by atoms with E-state index in [-0.39, 0.29) is 18.2 Å². The molecule has 7 heteroatoms. The van der Waals surface area contributed by atoms with Gasteiger partial charge in [0, 0.05) is 53.5 Å². The number of nitrogens with zero attached hydrogens (tertiary/aromatic N) is 1. The van der Waals surface area contributed by atoms with E-state index in [0.29, 0.717) is 27.8 Å². The van der Waals surface area contributed by atoms with E-state index in [1.165, 1.54) is 33.4 Å². The molecule has 3 rings (SSSR count). The van der Waals surface area contributed by atoms with Crippen molar-refractivity contribution in [2.75, 3.05) is 0 Å². The van der Waals surface area contributed by atoms with Gasteiger partial charge >= 0.3 is 0 Å². The van der Waals surface area contributed by atoms with Crippen LogP contribution in [-0.4, -0.2) is 9.08 Å². The first-order chi connectivity index (χ1) is 11.0. The summed E-state index contributed by atoms with van der Waals surface area (Å²) < 4.78 is 35.2. The fraction of sp³-hybridized carbons (Fsp3) is 0.125. The maximum atomic E-state index is 14.5. The Bertz CT molecular complexity index is 882. The molecule has 3 nitrogen and oxygen atoms in total. The highest BCUT2D eigenvalue weighted by atomic mass is 127. The highest BCUT2D eigenvalue weighted by Gasteiger charge is 2.18. The third-order valence-electron chi connectivity index (χ3n) is 3.55. The molecule has 0 atom stereocenters. The van der Waals surface area contributed by atoms with E-state index < -0.39 is 5.82 Å². The van der Waals surface area contributed by atoms with Gasteiger partial charge in [-0.2, -0.15) is 0 Å². The van der Waals surface area contributed by atoms with E-state index in [9.17, 15) is 13.9 Å². The maximum absolute atomic E-state index is 14.5. The summed E-state index contributed by atoms with van der Waals surface area (Å²) in [6.07, 6.45) is 1.80. The van der Waals surface area contributed by atoms with Gasteiger partial charge in [-0.05, 0) is 36.8 Å². The summed E-state index contributed by atoms with van der Waals surface area (Å²) in [5.74, 6) is -0.650. The second-order valence-electron chi connectivity index (χ2n) is 4.98. The van der Waals surface area contributed by atoms with Gasteiger partial charge in [0.25, 0.3) is 0 Å². The number of aliphatic hydroxyl groups is 1. The zero-order valence-corrected chi connectivity index (χ0v) is 15.0. The molecule has 1 heterocycles. The van der Waals surface area contributed by atoms with Gasteiger partial charge in [0.15, 0.2) is 11.6 Å². The number of fused-ring (bicyclic) bond motifs is 1. The normalized spacial score (nSPS) is 11.2. The zero-order valence-electron chi connectivity index (χ0n) is 12.0. The van der Waals surface area contributed by atoms with Gasteiger partial charge in [-0.15, -0.1) is 0 Å². The molecule has 3 aromatic rings. The maximum Gasteiger partial charge on any atom is 0.169 e. The van der Waals surface area contributed by atoms with Crippen LogP contribution in [0.15, 0.2) is 36.5 Å². The Balaban J connectivity index is 2.12. The van der Waals surface area contributed by atoms with Crippen molar-refractivity contribution in [1.82, 2.24) is 3.97 Å². The molecule has 23 heavy (non-hydrogen) atoms. The molecule has 0 aliphatic carbocycles. The minimum atomic E-state index is -0.575. The predicted octanol–water partition coefficient (Wildman–Crippen LogP) is 5.36. The molecule has 0 fully saturated rings. The average Bonchev–Trinajstić information content (AvgIpc) is 2.94. The molecule has 0 amide bonds. The largest absolute Gasteiger partial charge is 0.454 e. The number of rotatable bonds is 4. The summed E-state index contributed by atoms with van der Waals surface area (Å²) in [5, 5.41) is 10.4. The summed E-state index contributed by atoms with van der Waals surface area (Å²) in [7, 11) is 1.40. The van der Waals surface area contributed by atoms with Gasteiger partial charge in [-0.1, -0.05) is 0 Å². The number of benzene rings is 2. The van der Waals surface area contributed by atoms with Crippen molar-refractivity contribution < 1.29 is 18.6 Å². The number of halogens is 3. The monoisotopic (exact) mass is 447 g/mol. The standard InChI is InChI=1S/C16H12F2INO2S/c1-9-6-10(2-3-13(9)17)22-16-12(8-21)11-4-5-20(23-19)15(11)7-14(16)18/h2-7,21H,8H2,1H3. The molecular weight excluding hydrogens is 435 g/mol. The quantitative estimate of drug-likeness (QED) is 0.547. The second kappa shape index (κ2) is 6.66. The molecule has 0 saturated carbocycles. The summed E-state index contributed by atoms with van der Waals surface area (Å²) in [6, 6.07) is 7.36. The van der Waals surface area contributed by atoms with Crippen molar-refractivity contribution in [2.45, 2.75) is 13.5 Å². The van der Waals surface area contributed by atoms with Gasteiger partial charge in [0.2, 0.25) is 0 Å². The van der Waals surface area contributed by atoms with Crippen LogP contribution in [0.5, 0.6) is 11.5 Å². The van der Waals surface area contributed by atoms with E-state index in [1.807, 2.05) is 0 Å². The van der Waals surface area contributed by atoms with E-state index in [0.717, 1.165) is 0 Å². The van der Waals surface area contributed by atoms with Gasteiger partial charge in [-0.25, -0.2) is 8.78 Å². The summed E-state index contributed by atoms with van der Waals surface area (Å²) in [6.45, 7) is 1.24. The Hall–Kier alpha value is -1.32. The molecule has 0 bridgehead atoms. The highest BCUT2D eigenvalue weighted by molar-refractivity contribution is 14.2. The molecular formula is C16H12F2INO2S. The molecule has 2 aromatic carbocycles. The lowest BCUT2D eigenvalue weighted by Crippen LogP contribution is -1.98. The van der Waals surface area contributed by atoms with Crippen LogP contribution in [0, 0.1) is 18.6 Å². The highest BCUT2D eigenvalue weighted by Crippen LogP contribution is 2.37. The molecule has 0 spiro atoms. The number of aliphatic hydroxyl groups excluding tert-OH is 1. The van der Waals surface area contributed by atoms with Crippen LogP contribution in [0.4, 0.5) is 8.78 Å². The van der Waals surface area contributed by atoms with Crippen LogP contribution in [0.1, 0.15) is 11.1 Å². The number of hydrogen-bond acceptors (Lipinski definition) is 3. The lowest BCUT2D eigenvalue weighted by Gasteiger charge is -2.13. The lowest BCUT2D eigenvalue weighted by atomic mass is 10.1. The van der Waals surface area contributed by atoms with Gasteiger partial charge < -0.3 is 9.84 Å². The Morgan fingerprint density at radius 2 is 2.00 bits per heavy atom. The Labute approximate surface area is 148 Å². The van der Waals surface area contributed by atoms with Crippen LogP contribution in [-0.2, 0) is 6.61 Å². The van der Waals surface area contributed by atoms with Gasteiger partial charge in [-0.3, -0.25) is 3.97 Å². The SMILES string of the molecule is Cc1cc(Oc2c(F)cc3c(ccn3SI)c2CO)ccc1F. The van der Waals surface area contributed by atoms with E-state index in [4.69, 9.17) is 4.74 Å². The fourth-order valence-electron chi connectivity index (χ4n) is 2.40. The molecule has 120 valence electrons. The van der Waals surface area contributed by atoms with Crippen LogP contribution < -0.4 is 4.74 Å². The third kappa shape index (κ3) is 3.05. The number of aryl methyl sites for hydroxylation is 1. The van der Waals surface area contributed by atoms with Crippen LogP contribution in [0.25, 0.3) is 10.9 Å². The average molecular weight is 447 g/mol. The molecule has 1 N–H and O–H groups in total. The summed E-state index contributed by atoms with van der Waals surface area (Å²) in [4.78, 5) is 0. The van der Waals surface area contributed by atoms with E-state index >= 15 is 0 Å². The minimum Gasteiger partial charge on any atom is -0.454 e. The fourth-order valence-corrected chi connectivity index (χ4v) is 3.76. The van der Waals surface area contributed by atoms with Gasteiger partial charge in [0.1, 0.15) is 11.6 Å². The van der Waals surface area contributed by atoms with Crippen LogP contribution >= 0.6 is 30.3 Å². The summed E-state index contributed by atoms with van der Waals surface area (Å²) >= 11 is 2.10. The molecule has 0 unspecified atom stereocenters. The number of aromatic nitrogens is 1. The van der Waals surface area contributed by atoms with Crippen molar-refractivity contribution in [3.05, 3.63) is 59.3 Å². The van der Waals surface area contributed by atoms with Crippen molar-refractivity contribution in [3.63, 3.8) is 0 Å².